The zero-order chi connectivity index (χ0) is 30.9. The van der Waals surface area contributed by atoms with E-state index in [1.807, 2.05) is 19.2 Å². The number of amides is 2. The van der Waals surface area contributed by atoms with E-state index in [1.54, 1.807) is 18.2 Å². The molecule has 3 rings (SSSR count). The van der Waals surface area contributed by atoms with Crippen molar-refractivity contribution in [1.29, 1.82) is 0 Å². The molecule has 42 heavy (non-hydrogen) atoms. The number of carbonyl (C=O) groups excluding carboxylic acids is 2. The van der Waals surface area contributed by atoms with E-state index in [0.717, 1.165) is 29.7 Å². The van der Waals surface area contributed by atoms with Gasteiger partial charge in [-0.1, -0.05) is 30.3 Å². The molecule has 1 aromatic heterocycles. The van der Waals surface area contributed by atoms with E-state index in [4.69, 9.17) is 17.2 Å². The molecule has 0 aliphatic heterocycles. The van der Waals surface area contributed by atoms with Crippen molar-refractivity contribution in [3.63, 3.8) is 0 Å². The van der Waals surface area contributed by atoms with Gasteiger partial charge in [-0.2, -0.15) is 13.2 Å². The fourth-order valence-electron chi connectivity index (χ4n) is 4.75. The predicted molar refractivity (Wildman–Crippen MR) is 155 cm³/mol. The second-order valence-electron chi connectivity index (χ2n) is 10.6. The zero-order valence-electron chi connectivity index (χ0n) is 23.5. The van der Waals surface area contributed by atoms with Crippen LogP contribution in [-0.2, 0) is 15.8 Å². The summed E-state index contributed by atoms with van der Waals surface area (Å²) in [6, 6.07) is 10.0. The lowest BCUT2D eigenvalue weighted by Crippen LogP contribution is -2.53. The van der Waals surface area contributed by atoms with Crippen molar-refractivity contribution in [1.82, 2.24) is 10.3 Å². The third-order valence-electron chi connectivity index (χ3n) is 7.22. The first-order chi connectivity index (χ1) is 19.9. The molecule has 0 saturated carbocycles. The highest BCUT2D eigenvalue weighted by atomic mass is 19.4. The Labute approximate surface area is 242 Å². The number of aliphatic hydroxyl groups is 1. The Hall–Kier alpha value is -3.62. The van der Waals surface area contributed by atoms with E-state index >= 15 is 0 Å². The monoisotopic (exact) mass is 590 g/mol. The van der Waals surface area contributed by atoms with Crippen LogP contribution in [0.15, 0.2) is 60.8 Å². The molecular formula is C29H39F3N7O3+. The van der Waals surface area contributed by atoms with Crippen LogP contribution in [-0.4, -0.2) is 78.2 Å². The van der Waals surface area contributed by atoms with Crippen LogP contribution in [0.25, 0.3) is 10.9 Å². The van der Waals surface area contributed by atoms with E-state index in [9.17, 15) is 27.9 Å². The van der Waals surface area contributed by atoms with Gasteiger partial charge in [0.25, 0.3) is 0 Å². The summed E-state index contributed by atoms with van der Waals surface area (Å²) in [4.78, 5) is 30.7. The third kappa shape index (κ3) is 8.94. The number of nitrogens with two attached hydrogens (primary N) is 3. The lowest BCUT2D eigenvalue weighted by molar-refractivity contribution is -0.907. The van der Waals surface area contributed by atoms with Crippen LogP contribution in [0.1, 0.15) is 30.1 Å². The Morgan fingerprint density at radius 3 is 2.26 bits per heavy atom. The molecule has 0 spiro atoms. The summed E-state index contributed by atoms with van der Waals surface area (Å²) >= 11 is 0. The number of benzene rings is 2. The molecule has 0 radical (unpaired) electrons. The van der Waals surface area contributed by atoms with E-state index in [-0.39, 0.29) is 12.0 Å². The number of hydrogen-bond donors (Lipinski definition) is 6. The molecule has 10 nitrogen and oxygen atoms in total. The first kappa shape index (κ1) is 32.9. The number of nitrogens with zero attached hydrogens (tertiary/aromatic N) is 2. The molecule has 3 aromatic rings. The minimum Gasteiger partial charge on any atom is -0.386 e. The van der Waals surface area contributed by atoms with Gasteiger partial charge in [-0.15, -0.1) is 0 Å². The minimum atomic E-state index is -4.58. The van der Waals surface area contributed by atoms with Crippen molar-refractivity contribution in [3.05, 3.63) is 71.9 Å². The molecule has 0 fully saturated rings. The maximum absolute atomic E-state index is 13.4. The molecule has 13 heteroatoms. The first-order valence-electron chi connectivity index (χ1n) is 13.7. The Balaban J connectivity index is 1.77. The lowest BCUT2D eigenvalue weighted by Gasteiger charge is -2.34. The summed E-state index contributed by atoms with van der Waals surface area (Å²) in [6.45, 7) is 3.07. The van der Waals surface area contributed by atoms with Crippen LogP contribution in [0.5, 0.6) is 0 Å². The van der Waals surface area contributed by atoms with E-state index in [1.165, 1.54) is 6.20 Å². The average Bonchev–Trinajstić information content (AvgIpc) is 2.95. The Kier molecular flexibility index (Phi) is 11.4. The molecule has 2 aromatic carbocycles. The lowest BCUT2D eigenvalue weighted by atomic mass is 9.99. The molecule has 0 aliphatic carbocycles. The van der Waals surface area contributed by atoms with Crippen LogP contribution in [0.2, 0.25) is 0 Å². The quantitative estimate of drug-likeness (QED) is 0.156. The highest BCUT2D eigenvalue weighted by Crippen LogP contribution is 2.30. The number of anilines is 1. The number of fused-ring (bicyclic) bond motifs is 1. The second-order valence-corrected chi connectivity index (χ2v) is 10.6. The molecule has 9 N–H and O–H groups in total. The number of hydrogen-bond acceptors (Lipinski definition) is 7. The molecule has 0 aliphatic rings. The number of quaternary nitrogens is 1. The molecule has 2 amide bonds. The van der Waals surface area contributed by atoms with Crippen LogP contribution < -0.4 is 27.8 Å². The standard InChI is InChI=1S/C29H38F3N7O3/c1-39(15-12-33,16-13-34)14-4-6-23(35)27(41)38-25(26(40)19-8-10-21(11-9-19)29(30,31)32)28(42)37-22-17-20-5-2-3-7-24(20)36-18-22/h2-3,5,7-11,17-18,23,25-26,40H,4,6,12-16,33-35H2,1H3,(H-,37,38,41,42)/p+1/t23-,25+,26-/m0/s1. The maximum atomic E-state index is 13.4. The van der Waals surface area contributed by atoms with Crippen LogP contribution in [0.3, 0.4) is 0 Å². The van der Waals surface area contributed by atoms with Gasteiger partial charge >= 0.3 is 6.18 Å². The molecule has 0 unspecified atom stereocenters. The molecule has 0 saturated heterocycles. The van der Waals surface area contributed by atoms with Crippen LogP contribution in [0, 0.1) is 0 Å². The van der Waals surface area contributed by atoms with Crippen molar-refractivity contribution in [2.24, 2.45) is 17.2 Å². The SMILES string of the molecule is C[N+](CCN)(CCN)CCC[C@H](N)C(=O)N[C@@H](C(=O)Nc1cnc2ccccc2c1)[C@@H](O)c1ccc(C(F)(F)F)cc1. The number of nitrogens with one attached hydrogen (secondary N) is 2. The van der Waals surface area contributed by atoms with Crippen molar-refractivity contribution in [2.75, 3.05) is 45.1 Å². The van der Waals surface area contributed by atoms with Crippen molar-refractivity contribution >= 4 is 28.4 Å². The molecule has 1 heterocycles. The van der Waals surface area contributed by atoms with E-state index < -0.39 is 41.7 Å². The summed E-state index contributed by atoms with van der Waals surface area (Å²) in [5.74, 6) is -1.49. The minimum absolute atomic E-state index is 0.00490. The fraction of sp³-hybridized carbons (Fsp3) is 0.414. The number of likely N-dealkylation sites (N-methyl/N-ethyl adjacent to an activating group) is 1. The van der Waals surface area contributed by atoms with Crippen molar-refractivity contribution in [3.8, 4) is 0 Å². The number of carbonyl (C=O) groups is 2. The van der Waals surface area contributed by atoms with Crippen LogP contribution >= 0.6 is 0 Å². The predicted octanol–water partition coefficient (Wildman–Crippen LogP) is 1.88. The third-order valence-corrected chi connectivity index (χ3v) is 7.22. The van der Waals surface area contributed by atoms with Gasteiger partial charge in [-0.3, -0.25) is 14.6 Å². The number of alkyl halides is 3. The number of aromatic nitrogens is 1. The Morgan fingerprint density at radius 1 is 1.00 bits per heavy atom. The number of pyridine rings is 1. The number of para-hydroxylation sites is 1. The first-order valence-corrected chi connectivity index (χ1v) is 13.7. The smallest absolute Gasteiger partial charge is 0.386 e. The maximum Gasteiger partial charge on any atom is 0.416 e. The summed E-state index contributed by atoms with van der Waals surface area (Å²) in [5.41, 5.74) is 17.7. The number of rotatable bonds is 14. The van der Waals surface area contributed by atoms with Gasteiger partial charge in [0.15, 0.2) is 0 Å². The van der Waals surface area contributed by atoms with Gasteiger partial charge in [0, 0.05) is 18.5 Å². The van der Waals surface area contributed by atoms with Gasteiger partial charge in [0.1, 0.15) is 12.1 Å². The van der Waals surface area contributed by atoms with E-state index in [0.29, 0.717) is 54.8 Å². The largest absolute Gasteiger partial charge is 0.416 e. The molecular weight excluding hydrogens is 551 g/mol. The summed E-state index contributed by atoms with van der Waals surface area (Å²) in [6.07, 6.45) is -3.97. The zero-order valence-corrected chi connectivity index (χ0v) is 23.5. The van der Waals surface area contributed by atoms with E-state index in [2.05, 4.69) is 15.6 Å². The Bertz CT molecular complexity index is 1330. The molecule has 3 atom stereocenters. The van der Waals surface area contributed by atoms with Gasteiger partial charge in [-0.25, -0.2) is 0 Å². The van der Waals surface area contributed by atoms with Crippen LogP contribution in [0.4, 0.5) is 18.9 Å². The van der Waals surface area contributed by atoms with Crippen molar-refractivity contribution in [2.45, 2.75) is 37.2 Å². The second kappa shape index (κ2) is 14.5. The van der Waals surface area contributed by atoms with Crippen molar-refractivity contribution < 1.29 is 32.3 Å². The highest BCUT2D eigenvalue weighted by molar-refractivity contribution is 5.99. The summed E-state index contributed by atoms with van der Waals surface area (Å²) in [5, 5.41) is 17.0. The van der Waals surface area contributed by atoms with Gasteiger partial charge in [0.2, 0.25) is 11.8 Å². The average molecular weight is 591 g/mol. The normalized spacial score (nSPS) is 14.3. The highest BCUT2D eigenvalue weighted by Gasteiger charge is 2.34. The summed E-state index contributed by atoms with van der Waals surface area (Å²) < 4.78 is 39.8. The molecule has 0 bridgehead atoms. The topological polar surface area (TPSA) is 169 Å². The number of halogens is 3. The Morgan fingerprint density at radius 2 is 1.64 bits per heavy atom. The number of aliphatic hydroxyl groups excluding tert-OH is 1. The van der Waals surface area contributed by atoms with Gasteiger partial charge in [0.05, 0.1) is 55.7 Å². The fourth-order valence-corrected chi connectivity index (χ4v) is 4.75. The van der Waals surface area contributed by atoms with Gasteiger partial charge < -0.3 is 37.4 Å². The summed E-state index contributed by atoms with van der Waals surface area (Å²) in [7, 11) is 2.02. The van der Waals surface area contributed by atoms with Gasteiger partial charge in [-0.05, 0) is 42.7 Å². The molecule has 228 valence electrons.